The number of nitrogens with one attached hydrogen (secondary N) is 2. The van der Waals surface area contributed by atoms with Crippen LogP contribution in [0.1, 0.15) is 34.4 Å². The molecule has 0 radical (unpaired) electrons. The van der Waals surface area contributed by atoms with Crippen LogP contribution >= 0.6 is 0 Å². The first-order chi connectivity index (χ1) is 10.5. The third-order valence-corrected chi connectivity index (χ3v) is 3.50. The number of hydrogen-bond acceptors (Lipinski definition) is 3. The highest BCUT2D eigenvalue weighted by Gasteiger charge is 2.16. The molecule has 2 amide bonds. The summed E-state index contributed by atoms with van der Waals surface area (Å²) < 4.78 is 7.40. The SMILES string of the molecule is CC(=O)NCCNC(=O)c1cc(C)n(Cc2ccco2)c1C. The van der Waals surface area contributed by atoms with E-state index in [9.17, 15) is 9.59 Å². The van der Waals surface area contributed by atoms with Gasteiger partial charge in [0.05, 0.1) is 18.4 Å². The maximum absolute atomic E-state index is 12.2. The Morgan fingerprint density at radius 1 is 1.23 bits per heavy atom. The van der Waals surface area contributed by atoms with Crippen molar-refractivity contribution in [2.24, 2.45) is 0 Å². The van der Waals surface area contributed by atoms with Crippen LogP contribution in [0.15, 0.2) is 28.9 Å². The largest absolute Gasteiger partial charge is 0.467 e. The van der Waals surface area contributed by atoms with Crippen molar-refractivity contribution in [3.63, 3.8) is 0 Å². The van der Waals surface area contributed by atoms with E-state index >= 15 is 0 Å². The molecule has 0 spiro atoms. The van der Waals surface area contributed by atoms with Gasteiger partial charge < -0.3 is 19.6 Å². The van der Waals surface area contributed by atoms with Gasteiger partial charge in [0.2, 0.25) is 5.91 Å². The average molecular weight is 303 g/mol. The van der Waals surface area contributed by atoms with E-state index in [0.717, 1.165) is 17.1 Å². The van der Waals surface area contributed by atoms with Crippen molar-refractivity contribution in [1.29, 1.82) is 0 Å². The smallest absolute Gasteiger partial charge is 0.253 e. The number of furan rings is 1. The van der Waals surface area contributed by atoms with Crippen molar-refractivity contribution < 1.29 is 14.0 Å². The molecule has 2 aromatic rings. The van der Waals surface area contributed by atoms with Crippen LogP contribution < -0.4 is 10.6 Å². The molecule has 0 aliphatic rings. The van der Waals surface area contributed by atoms with Gasteiger partial charge in [0, 0.05) is 31.4 Å². The second-order valence-electron chi connectivity index (χ2n) is 5.19. The molecular weight excluding hydrogens is 282 g/mol. The Morgan fingerprint density at radius 3 is 2.59 bits per heavy atom. The molecule has 0 aliphatic heterocycles. The van der Waals surface area contributed by atoms with Crippen molar-refractivity contribution in [3.05, 3.63) is 47.2 Å². The Morgan fingerprint density at radius 2 is 1.95 bits per heavy atom. The van der Waals surface area contributed by atoms with Gasteiger partial charge in [-0.1, -0.05) is 0 Å². The van der Waals surface area contributed by atoms with E-state index in [1.165, 1.54) is 6.92 Å². The quantitative estimate of drug-likeness (QED) is 0.796. The van der Waals surface area contributed by atoms with Crippen LogP contribution in [0.2, 0.25) is 0 Å². The van der Waals surface area contributed by atoms with E-state index in [-0.39, 0.29) is 11.8 Å². The van der Waals surface area contributed by atoms with Gasteiger partial charge in [-0.3, -0.25) is 9.59 Å². The Labute approximate surface area is 129 Å². The fraction of sp³-hybridized carbons (Fsp3) is 0.375. The van der Waals surface area contributed by atoms with Gasteiger partial charge >= 0.3 is 0 Å². The zero-order chi connectivity index (χ0) is 16.1. The average Bonchev–Trinajstić information content (AvgIpc) is 3.07. The Kier molecular flexibility index (Phi) is 5.04. The van der Waals surface area contributed by atoms with E-state index in [1.807, 2.05) is 36.6 Å². The molecule has 118 valence electrons. The number of aryl methyl sites for hydroxylation is 1. The topological polar surface area (TPSA) is 76.3 Å². The molecule has 0 bridgehead atoms. The molecular formula is C16H21N3O3. The normalized spacial score (nSPS) is 10.5. The summed E-state index contributed by atoms with van der Waals surface area (Å²) in [5.41, 5.74) is 2.54. The van der Waals surface area contributed by atoms with Gasteiger partial charge in [0.1, 0.15) is 5.76 Å². The van der Waals surface area contributed by atoms with Gasteiger partial charge in [-0.2, -0.15) is 0 Å². The molecule has 0 atom stereocenters. The first-order valence-corrected chi connectivity index (χ1v) is 7.20. The van der Waals surface area contributed by atoms with E-state index < -0.39 is 0 Å². The number of carbonyl (C=O) groups is 2. The van der Waals surface area contributed by atoms with E-state index in [0.29, 0.717) is 25.2 Å². The van der Waals surface area contributed by atoms with Crippen LogP contribution in [-0.2, 0) is 11.3 Å². The van der Waals surface area contributed by atoms with Crippen molar-refractivity contribution in [3.8, 4) is 0 Å². The Hall–Kier alpha value is -2.50. The maximum Gasteiger partial charge on any atom is 0.253 e. The predicted octanol–water partition coefficient (Wildman–Crippen LogP) is 1.61. The van der Waals surface area contributed by atoms with Crippen molar-refractivity contribution in [2.75, 3.05) is 13.1 Å². The van der Waals surface area contributed by atoms with E-state index in [1.54, 1.807) is 6.26 Å². The molecule has 0 unspecified atom stereocenters. The maximum atomic E-state index is 12.2. The summed E-state index contributed by atoms with van der Waals surface area (Å²) >= 11 is 0. The summed E-state index contributed by atoms with van der Waals surface area (Å²) in [6.07, 6.45) is 1.64. The molecule has 2 heterocycles. The summed E-state index contributed by atoms with van der Waals surface area (Å²) in [6.45, 7) is 6.75. The number of rotatable bonds is 6. The lowest BCUT2D eigenvalue weighted by molar-refractivity contribution is -0.118. The fourth-order valence-electron chi connectivity index (χ4n) is 2.34. The third kappa shape index (κ3) is 3.78. The minimum atomic E-state index is -0.135. The standard InChI is InChI=1S/C16H21N3O3/c1-11-9-15(16(21)18-7-6-17-13(3)20)12(2)19(11)10-14-5-4-8-22-14/h4-5,8-9H,6-7,10H2,1-3H3,(H,17,20)(H,18,21). The molecule has 6 nitrogen and oxygen atoms in total. The van der Waals surface area contributed by atoms with Crippen molar-refractivity contribution in [1.82, 2.24) is 15.2 Å². The lowest BCUT2D eigenvalue weighted by Gasteiger charge is -2.08. The van der Waals surface area contributed by atoms with Gasteiger partial charge in [0.15, 0.2) is 0 Å². The highest BCUT2D eigenvalue weighted by Crippen LogP contribution is 2.17. The minimum Gasteiger partial charge on any atom is -0.467 e. The second-order valence-corrected chi connectivity index (χ2v) is 5.19. The Balaban J connectivity index is 2.02. The fourth-order valence-corrected chi connectivity index (χ4v) is 2.34. The molecule has 2 N–H and O–H groups in total. The van der Waals surface area contributed by atoms with E-state index in [2.05, 4.69) is 10.6 Å². The van der Waals surface area contributed by atoms with Crippen LogP contribution in [0, 0.1) is 13.8 Å². The molecule has 2 rings (SSSR count). The van der Waals surface area contributed by atoms with Crippen LogP contribution in [0.25, 0.3) is 0 Å². The summed E-state index contributed by atoms with van der Waals surface area (Å²) in [5, 5.41) is 5.45. The summed E-state index contributed by atoms with van der Waals surface area (Å²) in [4.78, 5) is 23.0. The molecule has 0 aliphatic carbocycles. The molecule has 0 aromatic carbocycles. The summed E-state index contributed by atoms with van der Waals surface area (Å²) in [5.74, 6) is 0.606. The first-order valence-electron chi connectivity index (χ1n) is 7.20. The van der Waals surface area contributed by atoms with Crippen LogP contribution in [0.5, 0.6) is 0 Å². The highest BCUT2D eigenvalue weighted by molar-refractivity contribution is 5.95. The first kappa shape index (κ1) is 15.9. The number of amides is 2. The summed E-state index contributed by atoms with van der Waals surface area (Å²) in [6, 6.07) is 5.62. The molecule has 0 saturated carbocycles. The number of hydrogen-bond donors (Lipinski definition) is 2. The van der Waals surface area contributed by atoms with Crippen LogP contribution in [0.3, 0.4) is 0 Å². The van der Waals surface area contributed by atoms with Crippen molar-refractivity contribution in [2.45, 2.75) is 27.3 Å². The number of nitrogens with zero attached hydrogens (tertiary/aromatic N) is 1. The van der Waals surface area contributed by atoms with Gasteiger partial charge in [-0.15, -0.1) is 0 Å². The van der Waals surface area contributed by atoms with E-state index in [4.69, 9.17) is 4.42 Å². The molecule has 0 fully saturated rings. The van der Waals surface area contributed by atoms with Gasteiger partial charge in [-0.05, 0) is 32.0 Å². The minimum absolute atomic E-state index is 0.106. The molecule has 0 saturated heterocycles. The van der Waals surface area contributed by atoms with Crippen LogP contribution in [0.4, 0.5) is 0 Å². The Bertz CT molecular complexity index is 656. The summed E-state index contributed by atoms with van der Waals surface area (Å²) in [7, 11) is 0. The zero-order valence-corrected chi connectivity index (χ0v) is 13.1. The molecule has 6 heteroatoms. The van der Waals surface area contributed by atoms with Crippen molar-refractivity contribution >= 4 is 11.8 Å². The van der Waals surface area contributed by atoms with Gasteiger partial charge in [0.25, 0.3) is 5.91 Å². The lowest BCUT2D eigenvalue weighted by atomic mass is 10.2. The lowest BCUT2D eigenvalue weighted by Crippen LogP contribution is -2.33. The monoisotopic (exact) mass is 303 g/mol. The highest BCUT2D eigenvalue weighted by atomic mass is 16.3. The number of aromatic nitrogens is 1. The molecule has 22 heavy (non-hydrogen) atoms. The van der Waals surface area contributed by atoms with Crippen LogP contribution in [-0.4, -0.2) is 29.5 Å². The second kappa shape index (κ2) is 6.98. The molecule has 2 aromatic heterocycles. The van der Waals surface area contributed by atoms with Gasteiger partial charge in [-0.25, -0.2) is 0 Å². The zero-order valence-electron chi connectivity index (χ0n) is 13.1. The predicted molar refractivity (Wildman–Crippen MR) is 82.7 cm³/mol. The number of carbonyl (C=O) groups excluding carboxylic acids is 2. The third-order valence-electron chi connectivity index (χ3n) is 3.50.